The number of primary amides is 1. The maximum Gasteiger partial charge on any atom is 0.321 e. The van der Waals surface area contributed by atoms with Crippen molar-refractivity contribution in [2.45, 2.75) is 17.9 Å². The molecule has 0 saturated carbocycles. The van der Waals surface area contributed by atoms with E-state index < -0.39 is 0 Å². The molecule has 28 heavy (non-hydrogen) atoms. The van der Waals surface area contributed by atoms with Crippen LogP contribution >= 0.6 is 11.8 Å². The molecule has 2 aromatic rings. The van der Waals surface area contributed by atoms with Crippen molar-refractivity contribution < 1.29 is 19.1 Å². The van der Waals surface area contributed by atoms with E-state index in [1.165, 1.54) is 11.8 Å². The van der Waals surface area contributed by atoms with Gasteiger partial charge in [0.15, 0.2) is 11.5 Å². The van der Waals surface area contributed by atoms with Crippen LogP contribution in [0.25, 0.3) is 0 Å². The van der Waals surface area contributed by atoms with Gasteiger partial charge in [0.1, 0.15) is 13.2 Å². The molecule has 1 heterocycles. The summed E-state index contributed by atoms with van der Waals surface area (Å²) < 4.78 is 11.1. The Hall–Kier alpha value is -2.87. The van der Waals surface area contributed by atoms with Crippen molar-refractivity contribution in [3.8, 4) is 11.5 Å². The van der Waals surface area contributed by atoms with Crippen molar-refractivity contribution in [1.82, 2.24) is 4.90 Å². The summed E-state index contributed by atoms with van der Waals surface area (Å²) in [4.78, 5) is 26.0. The number of fused-ring (bicyclic) bond motifs is 1. The van der Waals surface area contributed by atoms with Crippen LogP contribution in [0, 0.1) is 0 Å². The van der Waals surface area contributed by atoms with E-state index in [1.807, 2.05) is 42.5 Å². The summed E-state index contributed by atoms with van der Waals surface area (Å²) in [7, 11) is 1.73. The van der Waals surface area contributed by atoms with Crippen molar-refractivity contribution >= 4 is 29.4 Å². The van der Waals surface area contributed by atoms with Crippen LogP contribution in [0.4, 0.5) is 10.5 Å². The fraction of sp³-hybridized carbons (Fsp3) is 0.300. The third kappa shape index (κ3) is 5.32. The lowest BCUT2D eigenvalue weighted by molar-refractivity contribution is -0.117. The maximum atomic E-state index is 12.6. The molecular formula is C20H23N3O4S. The van der Waals surface area contributed by atoms with E-state index in [4.69, 9.17) is 15.2 Å². The highest BCUT2D eigenvalue weighted by molar-refractivity contribution is 7.99. The van der Waals surface area contributed by atoms with Gasteiger partial charge in [0.05, 0.1) is 5.69 Å². The monoisotopic (exact) mass is 401 g/mol. The summed E-state index contributed by atoms with van der Waals surface area (Å²) in [6.45, 7) is 1.50. The molecule has 8 heteroatoms. The molecule has 7 nitrogen and oxygen atoms in total. The quantitative estimate of drug-likeness (QED) is 0.696. The number of thioether (sulfide) groups is 1. The first-order valence-electron chi connectivity index (χ1n) is 8.93. The first-order valence-corrected chi connectivity index (χ1v) is 9.92. The second kappa shape index (κ2) is 9.36. The largest absolute Gasteiger partial charge is 0.486 e. The lowest BCUT2D eigenvalue weighted by atomic mass is 10.2. The third-order valence-electron chi connectivity index (χ3n) is 4.11. The second-order valence-electron chi connectivity index (χ2n) is 6.33. The van der Waals surface area contributed by atoms with Crippen molar-refractivity contribution in [3.05, 3.63) is 48.0 Å². The number of hydrogen-bond acceptors (Lipinski definition) is 5. The number of benzene rings is 2. The molecular weight excluding hydrogens is 378 g/mol. The minimum atomic E-state index is -0.340. The molecule has 0 atom stereocenters. The van der Waals surface area contributed by atoms with Crippen LogP contribution in [0.1, 0.15) is 12.0 Å². The van der Waals surface area contributed by atoms with E-state index in [9.17, 15) is 9.59 Å². The zero-order valence-electron chi connectivity index (χ0n) is 15.6. The van der Waals surface area contributed by atoms with E-state index >= 15 is 0 Å². The molecule has 3 N–H and O–H groups in total. The normalized spacial score (nSPS) is 12.3. The number of rotatable bonds is 7. The molecule has 1 aliphatic rings. The number of hydrogen-bond donors (Lipinski definition) is 2. The molecule has 0 fully saturated rings. The van der Waals surface area contributed by atoms with Crippen LogP contribution in [0.15, 0.2) is 47.4 Å². The number of amides is 3. The van der Waals surface area contributed by atoms with Crippen LogP contribution in [0.3, 0.4) is 0 Å². The summed E-state index contributed by atoms with van der Waals surface area (Å²) in [5.74, 6) is 1.65. The number of ether oxygens (including phenoxy) is 2. The van der Waals surface area contributed by atoms with Gasteiger partial charge < -0.3 is 25.4 Å². The van der Waals surface area contributed by atoms with Crippen LogP contribution in [0.5, 0.6) is 11.5 Å². The zero-order valence-corrected chi connectivity index (χ0v) is 16.5. The van der Waals surface area contributed by atoms with Gasteiger partial charge in [0, 0.05) is 30.7 Å². The highest BCUT2D eigenvalue weighted by Gasteiger charge is 2.15. The zero-order chi connectivity index (χ0) is 19.9. The Bertz CT molecular complexity index is 859. The summed E-state index contributed by atoms with van der Waals surface area (Å²) in [5.41, 5.74) is 6.84. The van der Waals surface area contributed by atoms with Gasteiger partial charge in [-0.25, -0.2) is 4.79 Å². The van der Waals surface area contributed by atoms with Gasteiger partial charge in [-0.3, -0.25) is 4.79 Å². The molecule has 148 valence electrons. The molecule has 3 amide bonds. The minimum Gasteiger partial charge on any atom is -0.486 e. The Balaban J connectivity index is 1.60. The van der Waals surface area contributed by atoms with Crippen molar-refractivity contribution in [3.63, 3.8) is 0 Å². The van der Waals surface area contributed by atoms with Gasteiger partial charge in [-0.1, -0.05) is 18.2 Å². The number of para-hydroxylation sites is 1. The minimum absolute atomic E-state index is 0.224. The first-order chi connectivity index (χ1) is 13.5. The van der Waals surface area contributed by atoms with E-state index in [-0.39, 0.29) is 18.4 Å². The standard InChI is InChI=1S/C20H23N3O4S/c1-23(13-14-6-7-16-17(12-14)27-10-9-26-16)20(25)22-15-4-2-3-5-18(15)28-11-8-19(21)24/h2-7,12H,8-11,13H2,1H3,(H2,21,24)(H,22,25). The molecule has 3 rings (SSSR count). The average Bonchev–Trinajstić information content (AvgIpc) is 2.69. The lowest BCUT2D eigenvalue weighted by Gasteiger charge is -2.22. The third-order valence-corrected chi connectivity index (χ3v) is 5.18. The van der Waals surface area contributed by atoms with E-state index in [0.717, 1.165) is 16.2 Å². The molecule has 0 aromatic heterocycles. The van der Waals surface area contributed by atoms with Gasteiger partial charge >= 0.3 is 6.03 Å². The predicted octanol–water partition coefficient (Wildman–Crippen LogP) is 3.09. The molecule has 0 spiro atoms. The first kappa shape index (κ1) is 19.9. The fourth-order valence-corrected chi connectivity index (χ4v) is 3.67. The van der Waals surface area contributed by atoms with Crippen molar-refractivity contribution in [2.75, 3.05) is 31.3 Å². The van der Waals surface area contributed by atoms with E-state index in [2.05, 4.69) is 5.32 Å². The molecule has 0 aliphatic carbocycles. The molecule has 0 unspecified atom stereocenters. The fourth-order valence-electron chi connectivity index (χ4n) is 2.70. The Morgan fingerprint density at radius 1 is 1.14 bits per heavy atom. The average molecular weight is 401 g/mol. The Labute approximate surface area is 168 Å². The highest BCUT2D eigenvalue weighted by atomic mass is 32.2. The highest BCUT2D eigenvalue weighted by Crippen LogP contribution is 2.31. The molecule has 0 radical (unpaired) electrons. The van der Waals surface area contributed by atoms with Gasteiger partial charge in [0.25, 0.3) is 0 Å². The van der Waals surface area contributed by atoms with Gasteiger partial charge in [-0.2, -0.15) is 0 Å². The predicted molar refractivity (Wildman–Crippen MR) is 109 cm³/mol. The summed E-state index contributed by atoms with van der Waals surface area (Å²) in [6.07, 6.45) is 0.289. The Morgan fingerprint density at radius 3 is 2.68 bits per heavy atom. The second-order valence-corrected chi connectivity index (χ2v) is 7.46. The van der Waals surface area contributed by atoms with E-state index in [0.29, 0.717) is 36.9 Å². The van der Waals surface area contributed by atoms with Crippen LogP contribution in [0.2, 0.25) is 0 Å². The molecule has 0 bridgehead atoms. The number of carbonyl (C=O) groups is 2. The number of nitrogens with two attached hydrogens (primary N) is 1. The number of nitrogens with one attached hydrogen (secondary N) is 1. The topological polar surface area (TPSA) is 93.9 Å². The van der Waals surface area contributed by atoms with Crippen LogP contribution < -0.4 is 20.5 Å². The summed E-state index contributed by atoms with van der Waals surface area (Å²) in [5, 5.41) is 2.93. The number of urea groups is 1. The van der Waals surface area contributed by atoms with Gasteiger partial charge in [0.2, 0.25) is 5.91 Å². The Kier molecular flexibility index (Phi) is 6.65. The lowest BCUT2D eigenvalue weighted by Crippen LogP contribution is -2.31. The molecule has 1 aliphatic heterocycles. The molecule has 0 saturated heterocycles. The molecule has 2 aromatic carbocycles. The Morgan fingerprint density at radius 2 is 1.89 bits per heavy atom. The summed E-state index contributed by atoms with van der Waals surface area (Å²) in [6, 6.07) is 12.9. The maximum absolute atomic E-state index is 12.6. The summed E-state index contributed by atoms with van der Waals surface area (Å²) >= 11 is 1.48. The number of nitrogens with zero attached hydrogens (tertiary/aromatic N) is 1. The van der Waals surface area contributed by atoms with Gasteiger partial charge in [-0.15, -0.1) is 11.8 Å². The van der Waals surface area contributed by atoms with Gasteiger partial charge in [-0.05, 0) is 29.8 Å². The number of carbonyl (C=O) groups excluding carboxylic acids is 2. The SMILES string of the molecule is CN(Cc1ccc2c(c1)OCCO2)C(=O)Nc1ccccc1SCCC(N)=O. The van der Waals surface area contributed by atoms with Crippen molar-refractivity contribution in [2.24, 2.45) is 5.73 Å². The van der Waals surface area contributed by atoms with Crippen LogP contribution in [-0.2, 0) is 11.3 Å². The number of anilines is 1. The van der Waals surface area contributed by atoms with Crippen LogP contribution in [-0.4, -0.2) is 42.9 Å². The smallest absolute Gasteiger partial charge is 0.321 e. The van der Waals surface area contributed by atoms with Crippen molar-refractivity contribution in [1.29, 1.82) is 0 Å². The van der Waals surface area contributed by atoms with E-state index in [1.54, 1.807) is 11.9 Å².